The normalized spacial score (nSPS) is 11.1. The zero-order chi connectivity index (χ0) is 21.3. The highest BCUT2D eigenvalue weighted by atomic mass is 35.5. The molecule has 0 aliphatic heterocycles. The van der Waals surface area contributed by atoms with Gasteiger partial charge in [-0.05, 0) is 48.9 Å². The van der Waals surface area contributed by atoms with Gasteiger partial charge in [-0.2, -0.15) is 5.10 Å². The standard InChI is InChI=1S/C22H18Cl2N4O2/c1-13-18(22(29)26-17-9-7-16(24)8-10-17)11-25-21-20(14-3-5-15(23)6-4-14)19(12-30-2)27-28(13)21/h3-11H,12H2,1-2H3,(H,26,29). The molecule has 0 aliphatic rings. The number of hydrogen-bond donors (Lipinski definition) is 1. The lowest BCUT2D eigenvalue weighted by atomic mass is 10.1. The summed E-state index contributed by atoms with van der Waals surface area (Å²) in [5.41, 5.74) is 4.88. The summed E-state index contributed by atoms with van der Waals surface area (Å²) >= 11 is 11.9. The predicted molar refractivity (Wildman–Crippen MR) is 118 cm³/mol. The van der Waals surface area contributed by atoms with Crippen LogP contribution in [0, 0.1) is 6.92 Å². The van der Waals surface area contributed by atoms with Crippen LogP contribution in [0.5, 0.6) is 0 Å². The second-order valence-corrected chi connectivity index (χ2v) is 7.59. The number of amides is 1. The first-order chi connectivity index (χ1) is 14.5. The summed E-state index contributed by atoms with van der Waals surface area (Å²) in [5.74, 6) is -0.277. The second-order valence-electron chi connectivity index (χ2n) is 6.72. The molecule has 2 heterocycles. The number of rotatable bonds is 5. The third-order valence-corrected chi connectivity index (χ3v) is 5.22. The second kappa shape index (κ2) is 8.44. The van der Waals surface area contributed by atoms with E-state index < -0.39 is 0 Å². The number of carbonyl (C=O) groups excluding carboxylic acids is 1. The number of anilines is 1. The summed E-state index contributed by atoms with van der Waals surface area (Å²) in [4.78, 5) is 17.4. The molecule has 2 aromatic carbocycles. The fourth-order valence-electron chi connectivity index (χ4n) is 3.24. The minimum atomic E-state index is -0.277. The number of hydrogen-bond acceptors (Lipinski definition) is 4. The Morgan fingerprint density at radius 2 is 1.70 bits per heavy atom. The van der Waals surface area contributed by atoms with Crippen LogP contribution in [-0.4, -0.2) is 27.6 Å². The van der Waals surface area contributed by atoms with E-state index in [1.807, 2.05) is 31.2 Å². The van der Waals surface area contributed by atoms with Crippen LogP contribution in [0.15, 0.2) is 54.7 Å². The van der Waals surface area contributed by atoms with Crippen LogP contribution in [0.4, 0.5) is 5.69 Å². The Labute approximate surface area is 183 Å². The molecule has 0 atom stereocenters. The van der Waals surface area contributed by atoms with Crippen LogP contribution in [0.1, 0.15) is 21.7 Å². The molecule has 152 valence electrons. The molecule has 6 nitrogen and oxygen atoms in total. The number of benzene rings is 2. The number of aryl methyl sites for hydroxylation is 1. The van der Waals surface area contributed by atoms with Gasteiger partial charge < -0.3 is 10.1 Å². The van der Waals surface area contributed by atoms with Gasteiger partial charge in [-0.3, -0.25) is 4.79 Å². The Kier molecular flexibility index (Phi) is 5.72. The fourth-order valence-corrected chi connectivity index (χ4v) is 3.50. The van der Waals surface area contributed by atoms with Crippen molar-refractivity contribution in [2.75, 3.05) is 12.4 Å². The van der Waals surface area contributed by atoms with Gasteiger partial charge in [0.15, 0.2) is 5.65 Å². The summed E-state index contributed by atoms with van der Waals surface area (Å²) in [6.45, 7) is 2.15. The van der Waals surface area contributed by atoms with E-state index in [0.29, 0.717) is 39.2 Å². The smallest absolute Gasteiger partial charge is 0.259 e. The van der Waals surface area contributed by atoms with Gasteiger partial charge in [-0.1, -0.05) is 35.3 Å². The molecule has 0 fully saturated rings. The van der Waals surface area contributed by atoms with Crippen molar-refractivity contribution in [3.63, 3.8) is 0 Å². The van der Waals surface area contributed by atoms with E-state index in [0.717, 1.165) is 16.8 Å². The number of nitrogens with zero attached hydrogens (tertiary/aromatic N) is 3. The minimum Gasteiger partial charge on any atom is -0.378 e. The Balaban J connectivity index is 1.77. The van der Waals surface area contributed by atoms with E-state index in [2.05, 4.69) is 15.4 Å². The van der Waals surface area contributed by atoms with E-state index in [9.17, 15) is 4.79 Å². The van der Waals surface area contributed by atoms with E-state index in [4.69, 9.17) is 27.9 Å². The largest absolute Gasteiger partial charge is 0.378 e. The Hall–Kier alpha value is -2.93. The minimum absolute atomic E-state index is 0.277. The lowest BCUT2D eigenvalue weighted by Crippen LogP contribution is -2.16. The summed E-state index contributed by atoms with van der Waals surface area (Å²) in [6, 6.07) is 14.4. The van der Waals surface area contributed by atoms with Crippen LogP contribution in [0.25, 0.3) is 16.8 Å². The van der Waals surface area contributed by atoms with Gasteiger partial charge in [0.1, 0.15) is 0 Å². The number of nitrogens with one attached hydrogen (secondary N) is 1. The maximum absolute atomic E-state index is 12.8. The van der Waals surface area contributed by atoms with Gasteiger partial charge in [0.05, 0.1) is 29.1 Å². The quantitative estimate of drug-likeness (QED) is 0.450. The molecule has 0 unspecified atom stereocenters. The van der Waals surface area contributed by atoms with E-state index in [1.165, 1.54) is 0 Å². The third-order valence-electron chi connectivity index (χ3n) is 4.72. The molecule has 30 heavy (non-hydrogen) atoms. The molecule has 8 heteroatoms. The Morgan fingerprint density at radius 1 is 1.07 bits per heavy atom. The van der Waals surface area contributed by atoms with Crippen molar-refractivity contribution in [2.24, 2.45) is 0 Å². The summed E-state index contributed by atoms with van der Waals surface area (Å²) in [7, 11) is 1.61. The van der Waals surface area contributed by atoms with E-state index >= 15 is 0 Å². The number of methoxy groups -OCH3 is 1. The van der Waals surface area contributed by atoms with Crippen molar-refractivity contribution in [3.8, 4) is 11.1 Å². The maximum atomic E-state index is 12.8. The molecule has 1 amide bonds. The fraction of sp³-hybridized carbons (Fsp3) is 0.136. The lowest BCUT2D eigenvalue weighted by Gasteiger charge is -2.09. The average Bonchev–Trinajstić information content (AvgIpc) is 3.10. The van der Waals surface area contributed by atoms with Crippen LogP contribution in [-0.2, 0) is 11.3 Å². The molecule has 4 aromatic rings. The van der Waals surface area contributed by atoms with E-state index in [-0.39, 0.29) is 5.91 Å². The highest BCUT2D eigenvalue weighted by Crippen LogP contribution is 2.30. The van der Waals surface area contributed by atoms with Gasteiger partial charge in [0.25, 0.3) is 5.91 Å². The number of ether oxygens (including phenoxy) is 1. The molecular weight excluding hydrogens is 423 g/mol. The molecule has 2 aromatic heterocycles. The van der Waals surface area contributed by atoms with Crippen LogP contribution < -0.4 is 5.32 Å². The molecule has 0 aliphatic carbocycles. The van der Waals surface area contributed by atoms with Gasteiger partial charge in [-0.25, -0.2) is 9.50 Å². The summed E-state index contributed by atoms with van der Waals surface area (Å²) in [5, 5.41) is 8.77. The molecule has 0 bridgehead atoms. The van der Waals surface area contributed by atoms with Crippen molar-refractivity contribution >= 4 is 40.4 Å². The average molecular weight is 441 g/mol. The van der Waals surface area contributed by atoms with Crippen LogP contribution >= 0.6 is 23.2 Å². The lowest BCUT2D eigenvalue weighted by molar-refractivity contribution is 0.102. The Bertz CT molecular complexity index is 1220. The molecule has 0 spiro atoms. The van der Waals surface area contributed by atoms with Gasteiger partial charge >= 0.3 is 0 Å². The van der Waals surface area contributed by atoms with Crippen molar-refractivity contribution in [1.82, 2.24) is 14.6 Å². The SMILES string of the molecule is COCc1nn2c(C)c(C(=O)Nc3ccc(Cl)cc3)cnc2c1-c1ccc(Cl)cc1. The number of halogens is 2. The topological polar surface area (TPSA) is 68.5 Å². The highest BCUT2D eigenvalue weighted by molar-refractivity contribution is 6.31. The number of aromatic nitrogens is 3. The van der Waals surface area contributed by atoms with Crippen molar-refractivity contribution in [2.45, 2.75) is 13.5 Å². The molecular formula is C22H18Cl2N4O2. The maximum Gasteiger partial charge on any atom is 0.259 e. The van der Waals surface area contributed by atoms with Gasteiger partial charge in [0, 0.05) is 29.0 Å². The van der Waals surface area contributed by atoms with Crippen molar-refractivity contribution in [1.29, 1.82) is 0 Å². The zero-order valence-corrected chi connectivity index (χ0v) is 17.8. The number of carbonyl (C=O) groups is 1. The summed E-state index contributed by atoms with van der Waals surface area (Å²) < 4.78 is 7.01. The molecule has 4 rings (SSSR count). The zero-order valence-electron chi connectivity index (χ0n) is 16.3. The molecule has 0 saturated carbocycles. The van der Waals surface area contributed by atoms with Crippen molar-refractivity contribution in [3.05, 3.63) is 81.7 Å². The first kappa shape index (κ1) is 20.3. The van der Waals surface area contributed by atoms with Gasteiger partial charge in [-0.15, -0.1) is 0 Å². The first-order valence-corrected chi connectivity index (χ1v) is 9.92. The first-order valence-electron chi connectivity index (χ1n) is 9.17. The highest BCUT2D eigenvalue weighted by Gasteiger charge is 2.20. The molecule has 1 N–H and O–H groups in total. The van der Waals surface area contributed by atoms with Crippen molar-refractivity contribution < 1.29 is 9.53 Å². The summed E-state index contributed by atoms with van der Waals surface area (Å²) in [6.07, 6.45) is 1.56. The molecule has 0 radical (unpaired) electrons. The third kappa shape index (κ3) is 3.89. The van der Waals surface area contributed by atoms with Crippen LogP contribution in [0.3, 0.4) is 0 Å². The van der Waals surface area contributed by atoms with Gasteiger partial charge in [0.2, 0.25) is 0 Å². The van der Waals surface area contributed by atoms with Crippen LogP contribution in [0.2, 0.25) is 10.0 Å². The Morgan fingerprint density at radius 3 is 2.33 bits per heavy atom. The van der Waals surface area contributed by atoms with E-state index in [1.54, 1.807) is 42.1 Å². The monoisotopic (exact) mass is 440 g/mol. The predicted octanol–water partition coefficient (Wildman–Crippen LogP) is 5.41. The number of fused-ring (bicyclic) bond motifs is 1. The molecule has 0 saturated heterocycles.